The molecule has 2 N–H and O–H groups in total. The summed E-state index contributed by atoms with van der Waals surface area (Å²) in [6.45, 7) is 3.62. The summed E-state index contributed by atoms with van der Waals surface area (Å²) in [4.78, 5) is 20.3. The first-order valence-electron chi connectivity index (χ1n) is 8.14. The maximum atomic E-state index is 13.0. The first-order chi connectivity index (χ1) is 13.3. The zero-order valence-corrected chi connectivity index (χ0v) is 17.0. The summed E-state index contributed by atoms with van der Waals surface area (Å²) in [5.41, 5.74) is 3.81. The third kappa shape index (κ3) is 4.12. The molecule has 0 fully saturated rings. The fourth-order valence-electron chi connectivity index (χ4n) is 2.53. The highest BCUT2D eigenvalue weighted by molar-refractivity contribution is 7.92. The molecule has 0 bridgehead atoms. The Hall–Kier alpha value is -2.98. The van der Waals surface area contributed by atoms with E-state index in [0.717, 1.165) is 11.1 Å². The Balaban J connectivity index is 1.96. The van der Waals surface area contributed by atoms with Gasteiger partial charge >= 0.3 is 0 Å². The molecule has 0 unspecified atom stereocenters. The Morgan fingerprint density at radius 3 is 2.50 bits per heavy atom. The average Bonchev–Trinajstić information content (AvgIpc) is 3.20. The number of benzene rings is 1. The molecular weight excluding hydrogens is 400 g/mol. The molecule has 1 aromatic carbocycles. The van der Waals surface area contributed by atoms with Crippen LogP contribution in [0.15, 0.2) is 47.1 Å². The van der Waals surface area contributed by atoms with Crippen molar-refractivity contribution in [3.63, 3.8) is 0 Å². The summed E-state index contributed by atoms with van der Waals surface area (Å²) in [7, 11) is -2.68. The van der Waals surface area contributed by atoms with E-state index >= 15 is 0 Å². The highest BCUT2D eigenvalue weighted by Crippen LogP contribution is 2.29. The molecule has 2 aromatic heterocycles. The van der Waals surface area contributed by atoms with Gasteiger partial charge in [-0.3, -0.25) is 14.5 Å². The van der Waals surface area contributed by atoms with Gasteiger partial charge in [0.25, 0.3) is 15.9 Å². The Labute approximate surface area is 166 Å². The number of aromatic nitrogens is 2. The van der Waals surface area contributed by atoms with Gasteiger partial charge in [-0.2, -0.15) is 0 Å². The first-order valence-corrected chi connectivity index (χ1v) is 10.5. The summed E-state index contributed by atoms with van der Waals surface area (Å²) in [5, 5.41) is 2.62. The zero-order chi connectivity index (χ0) is 20.3. The molecule has 0 atom stereocenters. The number of thiazole rings is 1. The standard InChI is InChI=1S/C18H18N4O4S2/c1-11-5-4-6-12(2)16(11)22-28(24,25)15-7-13(8-20-18(15)26-3)21-17(23)14-9-19-10-27-14/h4-10,22H,1-3H3,(H,21,23). The van der Waals surface area contributed by atoms with Crippen molar-refractivity contribution in [2.75, 3.05) is 17.1 Å². The van der Waals surface area contributed by atoms with E-state index in [1.54, 1.807) is 0 Å². The van der Waals surface area contributed by atoms with Crippen LogP contribution in [-0.2, 0) is 10.0 Å². The average molecular weight is 419 g/mol. The number of carbonyl (C=O) groups excluding carboxylic acids is 1. The molecule has 3 aromatic rings. The minimum atomic E-state index is -4.01. The van der Waals surface area contributed by atoms with Gasteiger partial charge in [0, 0.05) is 0 Å². The molecule has 28 heavy (non-hydrogen) atoms. The first kappa shape index (κ1) is 19.8. The van der Waals surface area contributed by atoms with E-state index in [1.807, 2.05) is 32.0 Å². The van der Waals surface area contributed by atoms with E-state index in [4.69, 9.17) is 4.74 Å². The number of aryl methyl sites for hydroxylation is 2. The van der Waals surface area contributed by atoms with E-state index < -0.39 is 15.9 Å². The number of hydrogen-bond donors (Lipinski definition) is 2. The van der Waals surface area contributed by atoms with Gasteiger partial charge in [0.2, 0.25) is 5.88 Å². The number of carbonyl (C=O) groups is 1. The van der Waals surface area contributed by atoms with Crippen molar-refractivity contribution in [3.8, 4) is 5.88 Å². The number of rotatable bonds is 6. The summed E-state index contributed by atoms with van der Waals surface area (Å²) >= 11 is 1.17. The topological polar surface area (TPSA) is 110 Å². The van der Waals surface area contributed by atoms with Gasteiger partial charge in [-0.15, -0.1) is 11.3 Å². The fraction of sp³-hybridized carbons (Fsp3) is 0.167. The quantitative estimate of drug-likeness (QED) is 0.636. The number of nitrogens with one attached hydrogen (secondary N) is 2. The molecule has 0 aliphatic rings. The van der Waals surface area contributed by atoms with Crippen LogP contribution in [0.25, 0.3) is 0 Å². The van der Waals surface area contributed by atoms with Crippen LogP contribution in [0, 0.1) is 13.8 Å². The van der Waals surface area contributed by atoms with Crippen LogP contribution in [0.1, 0.15) is 20.8 Å². The lowest BCUT2D eigenvalue weighted by Crippen LogP contribution is -2.17. The molecule has 0 saturated carbocycles. The largest absolute Gasteiger partial charge is 0.480 e. The predicted octanol–water partition coefficient (Wildman–Crippen LogP) is 3.22. The molecule has 146 valence electrons. The molecule has 1 amide bonds. The number of nitrogens with zero attached hydrogens (tertiary/aromatic N) is 2. The third-order valence-electron chi connectivity index (χ3n) is 3.93. The normalized spacial score (nSPS) is 11.1. The van der Waals surface area contributed by atoms with E-state index in [-0.39, 0.29) is 16.5 Å². The van der Waals surface area contributed by atoms with Crippen LogP contribution in [0.5, 0.6) is 5.88 Å². The minimum Gasteiger partial charge on any atom is -0.480 e. The number of ether oxygens (including phenoxy) is 1. The molecule has 10 heteroatoms. The number of methoxy groups -OCH3 is 1. The minimum absolute atomic E-state index is 0.0745. The van der Waals surface area contributed by atoms with Crippen molar-refractivity contribution in [1.29, 1.82) is 0 Å². The number of hydrogen-bond acceptors (Lipinski definition) is 7. The summed E-state index contributed by atoms with van der Waals surface area (Å²) < 4.78 is 33.7. The molecule has 3 rings (SSSR count). The highest BCUT2D eigenvalue weighted by atomic mass is 32.2. The van der Waals surface area contributed by atoms with Gasteiger partial charge in [0.15, 0.2) is 4.90 Å². The van der Waals surface area contributed by atoms with Gasteiger partial charge in [0.05, 0.1) is 36.4 Å². The second-order valence-electron chi connectivity index (χ2n) is 5.92. The molecule has 8 nitrogen and oxygen atoms in total. The van der Waals surface area contributed by atoms with E-state index in [0.29, 0.717) is 10.6 Å². The molecular formula is C18H18N4O4S2. The van der Waals surface area contributed by atoms with Crippen LogP contribution >= 0.6 is 11.3 Å². The molecule has 0 saturated heterocycles. The lowest BCUT2D eigenvalue weighted by atomic mass is 10.1. The van der Waals surface area contributed by atoms with Crippen molar-refractivity contribution in [1.82, 2.24) is 9.97 Å². The zero-order valence-electron chi connectivity index (χ0n) is 15.4. The van der Waals surface area contributed by atoms with E-state index in [2.05, 4.69) is 20.0 Å². The molecule has 0 aliphatic heterocycles. The third-order valence-corrected chi connectivity index (χ3v) is 6.05. The Morgan fingerprint density at radius 1 is 1.18 bits per heavy atom. The van der Waals surface area contributed by atoms with Gasteiger partial charge in [-0.1, -0.05) is 18.2 Å². The second kappa shape index (κ2) is 7.95. The summed E-state index contributed by atoms with van der Waals surface area (Å²) in [6, 6.07) is 6.78. The van der Waals surface area contributed by atoms with Crippen LogP contribution < -0.4 is 14.8 Å². The van der Waals surface area contributed by atoms with Crippen LogP contribution in [0.2, 0.25) is 0 Å². The lowest BCUT2D eigenvalue weighted by molar-refractivity contribution is 0.103. The van der Waals surface area contributed by atoms with Crippen LogP contribution in [-0.4, -0.2) is 31.4 Å². The maximum Gasteiger partial charge on any atom is 0.267 e. The van der Waals surface area contributed by atoms with Gasteiger partial charge < -0.3 is 10.1 Å². The molecule has 0 aliphatic carbocycles. The number of anilines is 2. The summed E-state index contributed by atoms with van der Waals surface area (Å²) in [5.74, 6) is -0.477. The van der Waals surface area contributed by atoms with Gasteiger partial charge in [-0.25, -0.2) is 13.4 Å². The second-order valence-corrected chi connectivity index (χ2v) is 8.46. The predicted molar refractivity (Wildman–Crippen MR) is 108 cm³/mol. The Bertz CT molecular complexity index is 1090. The van der Waals surface area contributed by atoms with Crippen molar-refractivity contribution in [2.45, 2.75) is 18.7 Å². The number of pyridine rings is 1. The van der Waals surface area contributed by atoms with Crippen molar-refractivity contribution in [2.24, 2.45) is 0 Å². The van der Waals surface area contributed by atoms with E-state index in [9.17, 15) is 13.2 Å². The summed E-state index contributed by atoms with van der Waals surface area (Å²) in [6.07, 6.45) is 2.76. The molecule has 0 radical (unpaired) electrons. The van der Waals surface area contributed by atoms with E-state index in [1.165, 1.54) is 42.4 Å². The van der Waals surface area contributed by atoms with Crippen molar-refractivity contribution in [3.05, 3.63) is 58.2 Å². The number of amides is 1. The molecule has 0 spiro atoms. The highest BCUT2D eigenvalue weighted by Gasteiger charge is 2.23. The maximum absolute atomic E-state index is 13.0. The van der Waals surface area contributed by atoms with Gasteiger partial charge in [0.1, 0.15) is 4.88 Å². The molecule has 2 heterocycles. The monoisotopic (exact) mass is 418 g/mol. The number of para-hydroxylation sites is 1. The lowest BCUT2D eigenvalue weighted by Gasteiger charge is -2.15. The SMILES string of the molecule is COc1ncc(NC(=O)c2cncs2)cc1S(=O)(=O)Nc1c(C)cccc1C. The fourth-order valence-corrected chi connectivity index (χ4v) is 4.40. The Kier molecular flexibility index (Phi) is 5.61. The van der Waals surface area contributed by atoms with Crippen LogP contribution in [0.3, 0.4) is 0 Å². The van der Waals surface area contributed by atoms with Gasteiger partial charge in [-0.05, 0) is 31.0 Å². The van der Waals surface area contributed by atoms with Crippen LogP contribution in [0.4, 0.5) is 11.4 Å². The van der Waals surface area contributed by atoms with Crippen molar-refractivity contribution >= 4 is 38.6 Å². The Morgan fingerprint density at radius 2 is 1.89 bits per heavy atom. The van der Waals surface area contributed by atoms with Crippen molar-refractivity contribution < 1.29 is 17.9 Å². The number of sulfonamides is 1. The smallest absolute Gasteiger partial charge is 0.267 e.